The summed E-state index contributed by atoms with van der Waals surface area (Å²) < 4.78 is 23.6. The van der Waals surface area contributed by atoms with Gasteiger partial charge < -0.3 is 14.8 Å². The number of ether oxygens (including phenoxy) is 2. The van der Waals surface area contributed by atoms with Crippen molar-refractivity contribution < 1.29 is 13.9 Å². The van der Waals surface area contributed by atoms with Crippen molar-refractivity contribution >= 4 is 12.4 Å². The number of benzene rings is 1. The van der Waals surface area contributed by atoms with Gasteiger partial charge in [-0.3, -0.25) is 0 Å². The van der Waals surface area contributed by atoms with E-state index in [1.807, 2.05) is 0 Å². The van der Waals surface area contributed by atoms with Crippen LogP contribution in [0, 0.1) is 5.82 Å². The fourth-order valence-electron chi connectivity index (χ4n) is 1.74. The van der Waals surface area contributed by atoms with E-state index in [1.165, 1.54) is 12.1 Å². The zero-order valence-corrected chi connectivity index (χ0v) is 9.85. The van der Waals surface area contributed by atoms with E-state index in [0.717, 1.165) is 12.1 Å². The van der Waals surface area contributed by atoms with Crippen molar-refractivity contribution in [3.8, 4) is 5.75 Å². The second-order valence-electron chi connectivity index (χ2n) is 3.47. The molecule has 1 heterocycles. The van der Waals surface area contributed by atoms with Gasteiger partial charge in [-0.2, -0.15) is 0 Å². The maximum absolute atomic E-state index is 13.1. The Balaban J connectivity index is 0.00000128. The number of hydrogen-bond acceptors (Lipinski definition) is 3. The van der Waals surface area contributed by atoms with Crippen molar-refractivity contribution in [3.05, 3.63) is 29.6 Å². The molecule has 16 heavy (non-hydrogen) atoms. The number of halogens is 2. The summed E-state index contributed by atoms with van der Waals surface area (Å²) in [6.45, 7) is 2.04. The van der Waals surface area contributed by atoms with E-state index in [1.54, 1.807) is 13.2 Å². The summed E-state index contributed by atoms with van der Waals surface area (Å²) in [5, 5.41) is 3.27. The molecule has 0 amide bonds. The van der Waals surface area contributed by atoms with E-state index in [4.69, 9.17) is 9.47 Å². The largest absolute Gasteiger partial charge is 0.496 e. The molecule has 1 aliphatic heterocycles. The van der Waals surface area contributed by atoms with E-state index in [9.17, 15) is 4.39 Å². The predicted octanol–water partition coefficient (Wildman–Crippen LogP) is 1.92. The molecule has 90 valence electrons. The fourth-order valence-corrected chi connectivity index (χ4v) is 1.74. The molecule has 0 spiro atoms. The summed E-state index contributed by atoms with van der Waals surface area (Å²) in [5.74, 6) is 0.442. The molecule has 1 saturated heterocycles. The molecule has 1 aliphatic rings. The van der Waals surface area contributed by atoms with Gasteiger partial charge in [-0.1, -0.05) is 0 Å². The summed E-state index contributed by atoms with van der Waals surface area (Å²) >= 11 is 0. The third-order valence-electron chi connectivity index (χ3n) is 2.49. The van der Waals surface area contributed by atoms with Gasteiger partial charge in [-0.15, -0.1) is 12.4 Å². The lowest BCUT2D eigenvalue weighted by Gasteiger charge is -2.25. The fraction of sp³-hybridized carbons (Fsp3) is 0.455. The second-order valence-corrected chi connectivity index (χ2v) is 3.47. The molecule has 0 radical (unpaired) electrons. The minimum atomic E-state index is -0.252. The molecule has 5 heteroatoms. The molecular weight excluding hydrogens is 233 g/mol. The number of hydrogen-bond donors (Lipinski definition) is 1. The maximum Gasteiger partial charge on any atom is 0.123 e. The normalized spacial score (nSPS) is 20.0. The van der Waals surface area contributed by atoms with Crippen molar-refractivity contribution in [3.63, 3.8) is 0 Å². The van der Waals surface area contributed by atoms with Crippen LogP contribution in [0.5, 0.6) is 5.75 Å². The molecule has 3 nitrogen and oxygen atoms in total. The first-order valence-electron chi connectivity index (χ1n) is 4.96. The highest BCUT2D eigenvalue weighted by Gasteiger charge is 2.19. The summed E-state index contributed by atoms with van der Waals surface area (Å²) in [6, 6.07) is 4.54. The minimum Gasteiger partial charge on any atom is -0.496 e. The Kier molecular flexibility index (Phi) is 4.99. The lowest BCUT2D eigenvalue weighted by molar-refractivity contribution is 0.0759. The average Bonchev–Trinajstić information content (AvgIpc) is 2.30. The van der Waals surface area contributed by atoms with Crippen LogP contribution >= 0.6 is 12.4 Å². The number of methoxy groups -OCH3 is 1. The van der Waals surface area contributed by atoms with Crippen molar-refractivity contribution in [2.75, 3.05) is 26.9 Å². The Hall–Kier alpha value is -0.840. The average molecular weight is 248 g/mol. The summed E-state index contributed by atoms with van der Waals surface area (Å²) in [6.07, 6.45) is 0. The molecule has 0 unspecified atom stereocenters. The number of rotatable bonds is 2. The van der Waals surface area contributed by atoms with E-state index in [-0.39, 0.29) is 24.3 Å². The first kappa shape index (κ1) is 13.2. The van der Waals surface area contributed by atoms with Gasteiger partial charge in [0.15, 0.2) is 0 Å². The van der Waals surface area contributed by atoms with Crippen molar-refractivity contribution in [1.82, 2.24) is 5.32 Å². The van der Waals surface area contributed by atoms with Gasteiger partial charge in [0.25, 0.3) is 0 Å². The van der Waals surface area contributed by atoms with Crippen molar-refractivity contribution in [1.29, 1.82) is 0 Å². The number of nitrogens with one attached hydrogen (secondary N) is 1. The quantitative estimate of drug-likeness (QED) is 0.866. The summed E-state index contributed by atoms with van der Waals surface area (Å²) in [5.41, 5.74) is 0.817. The maximum atomic E-state index is 13.1. The molecule has 1 fully saturated rings. The highest BCUT2D eigenvalue weighted by Crippen LogP contribution is 2.27. The van der Waals surface area contributed by atoms with Gasteiger partial charge in [-0.05, 0) is 18.2 Å². The van der Waals surface area contributed by atoms with Gasteiger partial charge >= 0.3 is 0 Å². The van der Waals surface area contributed by atoms with Crippen LogP contribution in [0.15, 0.2) is 18.2 Å². The molecule has 0 aromatic heterocycles. The van der Waals surface area contributed by atoms with E-state index in [0.29, 0.717) is 19.0 Å². The van der Waals surface area contributed by atoms with Gasteiger partial charge in [0.05, 0.1) is 26.4 Å². The molecule has 0 bridgehead atoms. The molecule has 0 saturated carbocycles. The van der Waals surface area contributed by atoms with Gasteiger partial charge in [0, 0.05) is 12.1 Å². The smallest absolute Gasteiger partial charge is 0.123 e. The van der Waals surface area contributed by atoms with Crippen LogP contribution in [-0.4, -0.2) is 26.9 Å². The molecule has 1 aromatic rings. The molecule has 1 atom stereocenters. The first-order chi connectivity index (χ1) is 7.31. The van der Waals surface area contributed by atoms with Crippen LogP contribution in [0.2, 0.25) is 0 Å². The van der Waals surface area contributed by atoms with E-state index in [2.05, 4.69) is 5.32 Å². The Morgan fingerprint density at radius 3 is 2.94 bits per heavy atom. The lowest BCUT2D eigenvalue weighted by atomic mass is 10.1. The highest BCUT2D eigenvalue weighted by molar-refractivity contribution is 5.85. The van der Waals surface area contributed by atoms with Crippen LogP contribution in [0.4, 0.5) is 4.39 Å². The van der Waals surface area contributed by atoms with Gasteiger partial charge in [0.2, 0.25) is 0 Å². The zero-order valence-electron chi connectivity index (χ0n) is 9.03. The Morgan fingerprint density at radius 2 is 2.31 bits per heavy atom. The van der Waals surface area contributed by atoms with Crippen LogP contribution < -0.4 is 10.1 Å². The molecule has 2 rings (SSSR count). The summed E-state index contributed by atoms with van der Waals surface area (Å²) in [7, 11) is 1.58. The van der Waals surface area contributed by atoms with E-state index < -0.39 is 0 Å². The topological polar surface area (TPSA) is 30.5 Å². The van der Waals surface area contributed by atoms with Gasteiger partial charge in [0.1, 0.15) is 11.6 Å². The van der Waals surface area contributed by atoms with E-state index >= 15 is 0 Å². The molecule has 1 aromatic carbocycles. The Morgan fingerprint density at radius 1 is 1.50 bits per heavy atom. The van der Waals surface area contributed by atoms with Crippen molar-refractivity contribution in [2.45, 2.75) is 6.04 Å². The van der Waals surface area contributed by atoms with Crippen LogP contribution in [0.25, 0.3) is 0 Å². The standard InChI is InChI=1S/C11H14FNO2.ClH/c1-14-11-3-2-8(12)6-9(11)10-7-15-5-4-13-10;/h2-3,6,10,13H,4-5,7H2,1H3;1H/t10-;/m1./s1. The Bertz CT molecular complexity index is 343. The van der Waals surface area contributed by atoms with Gasteiger partial charge in [-0.25, -0.2) is 4.39 Å². The number of morpholine rings is 1. The first-order valence-corrected chi connectivity index (χ1v) is 4.96. The zero-order chi connectivity index (χ0) is 10.7. The predicted molar refractivity (Wildman–Crippen MR) is 61.8 cm³/mol. The van der Waals surface area contributed by atoms with Crippen LogP contribution in [0.3, 0.4) is 0 Å². The minimum absolute atomic E-state index is 0. The Labute approximate surface area is 100 Å². The third-order valence-corrected chi connectivity index (χ3v) is 2.49. The third kappa shape index (κ3) is 2.84. The SMILES string of the molecule is COc1ccc(F)cc1[C@H]1COCCN1.Cl. The van der Waals surface area contributed by atoms with Crippen LogP contribution in [-0.2, 0) is 4.74 Å². The lowest BCUT2D eigenvalue weighted by Crippen LogP contribution is -2.34. The highest BCUT2D eigenvalue weighted by atomic mass is 35.5. The van der Waals surface area contributed by atoms with Crippen molar-refractivity contribution in [2.24, 2.45) is 0 Å². The second kappa shape index (κ2) is 6.03. The van der Waals surface area contributed by atoms with Crippen LogP contribution in [0.1, 0.15) is 11.6 Å². The summed E-state index contributed by atoms with van der Waals surface area (Å²) in [4.78, 5) is 0. The molecular formula is C11H15ClFNO2. The molecule has 1 N–H and O–H groups in total. The molecule has 0 aliphatic carbocycles. The monoisotopic (exact) mass is 247 g/mol.